The third-order valence-corrected chi connectivity index (χ3v) is 3.44. The molecular weight excluding hydrogens is 238 g/mol. The first kappa shape index (κ1) is 13.5. The molecule has 19 heavy (non-hydrogen) atoms. The van der Waals surface area contributed by atoms with Crippen LogP contribution in [0.1, 0.15) is 37.8 Å². The third kappa shape index (κ3) is 2.92. The van der Waals surface area contributed by atoms with E-state index in [0.717, 1.165) is 10.9 Å². The van der Waals surface area contributed by atoms with Crippen molar-refractivity contribution in [2.24, 2.45) is 5.92 Å². The van der Waals surface area contributed by atoms with Crippen LogP contribution in [-0.2, 0) is 11.2 Å². The zero-order valence-electron chi connectivity index (χ0n) is 11.6. The van der Waals surface area contributed by atoms with Gasteiger partial charge in [-0.25, -0.2) is 0 Å². The number of rotatable bonds is 4. The van der Waals surface area contributed by atoms with Crippen LogP contribution >= 0.6 is 0 Å². The fourth-order valence-electron chi connectivity index (χ4n) is 2.28. The van der Waals surface area contributed by atoms with Gasteiger partial charge in [-0.1, -0.05) is 32.9 Å². The lowest BCUT2D eigenvalue weighted by Gasteiger charge is -2.11. The van der Waals surface area contributed by atoms with Crippen LogP contribution in [0.25, 0.3) is 10.8 Å². The molecule has 0 amide bonds. The molecule has 1 N–H and O–H groups in total. The van der Waals surface area contributed by atoms with Gasteiger partial charge in [0.2, 0.25) is 0 Å². The smallest absolute Gasteiger partial charge is 0.306 e. The van der Waals surface area contributed by atoms with Crippen molar-refractivity contribution in [3.8, 4) is 0 Å². The largest absolute Gasteiger partial charge is 0.481 e. The van der Waals surface area contributed by atoms with Crippen molar-refractivity contribution in [3.63, 3.8) is 0 Å². The molecule has 1 heterocycles. The lowest BCUT2D eigenvalue weighted by Crippen LogP contribution is -2.12. The van der Waals surface area contributed by atoms with Crippen LogP contribution in [0.15, 0.2) is 30.6 Å². The first-order chi connectivity index (χ1) is 8.99. The minimum Gasteiger partial charge on any atom is -0.481 e. The Morgan fingerprint density at radius 1 is 1.26 bits per heavy atom. The highest BCUT2D eigenvalue weighted by Gasteiger charge is 2.12. The van der Waals surface area contributed by atoms with Crippen molar-refractivity contribution in [1.82, 2.24) is 4.98 Å². The van der Waals surface area contributed by atoms with E-state index in [9.17, 15) is 4.79 Å². The Kier molecular flexibility index (Phi) is 3.84. The average molecular weight is 257 g/mol. The maximum absolute atomic E-state index is 10.9. The minimum absolute atomic E-state index is 0.362. The van der Waals surface area contributed by atoms with Gasteiger partial charge in [0.15, 0.2) is 0 Å². The third-order valence-electron chi connectivity index (χ3n) is 3.44. The number of hydrogen-bond donors (Lipinski definition) is 1. The van der Waals surface area contributed by atoms with Gasteiger partial charge in [0, 0.05) is 17.8 Å². The van der Waals surface area contributed by atoms with Gasteiger partial charge in [0.25, 0.3) is 0 Å². The van der Waals surface area contributed by atoms with Gasteiger partial charge < -0.3 is 5.11 Å². The summed E-state index contributed by atoms with van der Waals surface area (Å²) >= 11 is 0. The first-order valence-corrected chi connectivity index (χ1v) is 6.58. The first-order valence-electron chi connectivity index (χ1n) is 6.58. The number of nitrogens with zero attached hydrogens (tertiary/aromatic N) is 1. The zero-order chi connectivity index (χ0) is 14.0. The highest BCUT2D eigenvalue weighted by Crippen LogP contribution is 2.25. The molecule has 0 saturated carbocycles. The Morgan fingerprint density at radius 3 is 2.63 bits per heavy atom. The van der Waals surface area contributed by atoms with Crippen LogP contribution in [0.3, 0.4) is 0 Å². The lowest BCUT2D eigenvalue weighted by molar-refractivity contribution is -0.141. The Bertz CT molecular complexity index is 605. The summed E-state index contributed by atoms with van der Waals surface area (Å²) in [5.41, 5.74) is 2.28. The molecule has 0 aliphatic carbocycles. The number of carbonyl (C=O) groups is 1. The van der Waals surface area contributed by atoms with Crippen LogP contribution in [0, 0.1) is 5.92 Å². The van der Waals surface area contributed by atoms with E-state index in [1.165, 1.54) is 10.9 Å². The number of fused-ring (bicyclic) bond motifs is 1. The van der Waals surface area contributed by atoms with Crippen molar-refractivity contribution in [2.75, 3.05) is 0 Å². The van der Waals surface area contributed by atoms with Gasteiger partial charge in [0.1, 0.15) is 0 Å². The number of pyridine rings is 1. The van der Waals surface area contributed by atoms with Crippen LogP contribution in [-0.4, -0.2) is 16.1 Å². The molecule has 0 fully saturated rings. The number of benzene rings is 1. The average Bonchev–Trinajstić information content (AvgIpc) is 2.37. The number of hydrogen-bond acceptors (Lipinski definition) is 2. The normalized spacial score (nSPS) is 12.8. The fraction of sp³-hybridized carbons (Fsp3) is 0.375. The number of aliphatic carboxylic acids is 1. The second kappa shape index (κ2) is 5.39. The van der Waals surface area contributed by atoms with Gasteiger partial charge in [-0.2, -0.15) is 0 Å². The van der Waals surface area contributed by atoms with Gasteiger partial charge in [0.05, 0.1) is 5.92 Å². The predicted octanol–water partition coefficient (Wildman–Crippen LogP) is 3.62. The van der Waals surface area contributed by atoms with Gasteiger partial charge in [-0.05, 0) is 34.9 Å². The SMILES string of the molecule is CC(Cc1ccc2c(C(C)C)cncc2c1)C(=O)O. The molecular formula is C16H19NO2. The summed E-state index contributed by atoms with van der Waals surface area (Å²) in [5, 5.41) is 11.3. The molecule has 0 aliphatic heterocycles. The standard InChI is InChI=1S/C16H19NO2/c1-10(2)15-9-17-8-13-7-12(4-5-14(13)15)6-11(3)16(18)19/h4-5,7-11H,6H2,1-3H3,(H,18,19). The minimum atomic E-state index is -0.755. The van der Waals surface area contributed by atoms with Gasteiger partial charge in [-0.3, -0.25) is 9.78 Å². The Hall–Kier alpha value is -1.90. The monoisotopic (exact) mass is 257 g/mol. The van der Waals surface area contributed by atoms with Crippen molar-refractivity contribution in [3.05, 3.63) is 41.7 Å². The molecule has 100 valence electrons. The summed E-state index contributed by atoms with van der Waals surface area (Å²) in [6.07, 6.45) is 4.31. The molecule has 0 aliphatic rings. The van der Waals surface area contributed by atoms with Crippen molar-refractivity contribution in [2.45, 2.75) is 33.1 Å². The summed E-state index contributed by atoms with van der Waals surface area (Å²) in [6.45, 7) is 6.03. The summed E-state index contributed by atoms with van der Waals surface area (Å²) in [7, 11) is 0. The molecule has 0 spiro atoms. The molecule has 0 saturated heterocycles. The molecule has 3 nitrogen and oxygen atoms in total. The molecule has 1 aromatic heterocycles. The van der Waals surface area contributed by atoms with E-state index in [1.54, 1.807) is 6.92 Å². The van der Waals surface area contributed by atoms with Crippen molar-refractivity contribution in [1.29, 1.82) is 0 Å². The van der Waals surface area contributed by atoms with Gasteiger partial charge >= 0.3 is 5.97 Å². The Morgan fingerprint density at radius 2 is 2.00 bits per heavy atom. The van der Waals surface area contributed by atoms with Crippen LogP contribution in [0.2, 0.25) is 0 Å². The summed E-state index contributed by atoms with van der Waals surface area (Å²) in [6, 6.07) is 6.15. The second-order valence-electron chi connectivity index (χ2n) is 5.38. The second-order valence-corrected chi connectivity index (χ2v) is 5.38. The fourth-order valence-corrected chi connectivity index (χ4v) is 2.28. The van der Waals surface area contributed by atoms with Crippen molar-refractivity contribution < 1.29 is 9.90 Å². The number of carboxylic acids is 1. The Balaban J connectivity index is 2.39. The number of carboxylic acid groups (broad SMARTS) is 1. The molecule has 3 heteroatoms. The van der Waals surface area contributed by atoms with E-state index in [-0.39, 0.29) is 5.92 Å². The van der Waals surface area contributed by atoms with E-state index in [2.05, 4.69) is 24.9 Å². The topological polar surface area (TPSA) is 50.2 Å². The van der Waals surface area contributed by atoms with E-state index in [4.69, 9.17) is 5.11 Å². The van der Waals surface area contributed by atoms with Crippen molar-refractivity contribution >= 4 is 16.7 Å². The van der Waals surface area contributed by atoms with E-state index in [1.807, 2.05) is 24.5 Å². The Labute approximate surface area is 113 Å². The van der Waals surface area contributed by atoms with Crippen LogP contribution in [0.5, 0.6) is 0 Å². The maximum atomic E-state index is 10.9. The number of aromatic nitrogens is 1. The zero-order valence-corrected chi connectivity index (χ0v) is 11.6. The maximum Gasteiger partial charge on any atom is 0.306 e. The van der Waals surface area contributed by atoms with E-state index >= 15 is 0 Å². The summed E-state index contributed by atoms with van der Waals surface area (Å²) in [4.78, 5) is 15.2. The molecule has 1 atom stereocenters. The van der Waals surface area contributed by atoms with E-state index in [0.29, 0.717) is 12.3 Å². The summed E-state index contributed by atoms with van der Waals surface area (Å²) < 4.78 is 0. The summed E-state index contributed by atoms with van der Waals surface area (Å²) in [5.74, 6) is -0.687. The molecule has 0 bridgehead atoms. The molecule has 0 radical (unpaired) electrons. The van der Waals surface area contributed by atoms with Crippen LogP contribution < -0.4 is 0 Å². The highest BCUT2D eigenvalue weighted by atomic mass is 16.4. The molecule has 1 unspecified atom stereocenters. The molecule has 1 aromatic carbocycles. The predicted molar refractivity (Wildman–Crippen MR) is 76.3 cm³/mol. The quantitative estimate of drug-likeness (QED) is 0.910. The molecule has 2 rings (SSSR count). The van der Waals surface area contributed by atoms with E-state index < -0.39 is 5.97 Å². The molecule has 2 aromatic rings. The lowest BCUT2D eigenvalue weighted by atomic mass is 9.95. The van der Waals surface area contributed by atoms with Gasteiger partial charge in [-0.15, -0.1) is 0 Å². The highest BCUT2D eigenvalue weighted by molar-refractivity contribution is 5.86. The van der Waals surface area contributed by atoms with Crippen LogP contribution in [0.4, 0.5) is 0 Å².